The van der Waals surface area contributed by atoms with Gasteiger partial charge in [0.25, 0.3) is 0 Å². The maximum absolute atomic E-state index is 11.7. The quantitative estimate of drug-likeness (QED) is 0.769. The molecule has 1 unspecified atom stereocenters. The van der Waals surface area contributed by atoms with Crippen molar-refractivity contribution in [1.82, 2.24) is 5.32 Å². The highest BCUT2D eigenvalue weighted by Crippen LogP contribution is 2.08. The van der Waals surface area contributed by atoms with Gasteiger partial charge < -0.3 is 15.8 Å². The molecule has 0 fully saturated rings. The molecule has 0 spiro atoms. The Bertz CT molecular complexity index is 366. The summed E-state index contributed by atoms with van der Waals surface area (Å²) in [4.78, 5) is 11.7. The first kappa shape index (κ1) is 13.7. The molecule has 1 aromatic rings. The third kappa shape index (κ3) is 4.54. The van der Waals surface area contributed by atoms with E-state index >= 15 is 0 Å². The van der Waals surface area contributed by atoms with Gasteiger partial charge >= 0.3 is 0 Å². The topological polar surface area (TPSA) is 64.3 Å². The smallest absolute Gasteiger partial charge is 0.224 e. The van der Waals surface area contributed by atoms with Crippen molar-refractivity contribution in [1.29, 1.82) is 0 Å². The molecule has 1 atom stereocenters. The Labute approximate surface area is 102 Å². The summed E-state index contributed by atoms with van der Waals surface area (Å²) in [6, 6.07) is 7.72. The second-order valence-electron chi connectivity index (χ2n) is 4.00. The molecule has 0 heterocycles. The first-order valence-electron chi connectivity index (χ1n) is 5.73. The van der Waals surface area contributed by atoms with Crippen molar-refractivity contribution in [2.24, 2.45) is 5.73 Å². The highest BCUT2D eigenvalue weighted by molar-refractivity contribution is 5.78. The summed E-state index contributed by atoms with van der Waals surface area (Å²) in [7, 11) is 1.63. The molecule has 0 bridgehead atoms. The van der Waals surface area contributed by atoms with E-state index in [1.165, 1.54) is 0 Å². The summed E-state index contributed by atoms with van der Waals surface area (Å²) in [6.45, 7) is 2.90. The van der Waals surface area contributed by atoms with E-state index in [9.17, 15) is 4.79 Å². The van der Waals surface area contributed by atoms with Crippen LogP contribution < -0.4 is 11.1 Å². The molecule has 3 N–H and O–H groups in total. The van der Waals surface area contributed by atoms with Gasteiger partial charge in [-0.2, -0.15) is 0 Å². The van der Waals surface area contributed by atoms with Crippen molar-refractivity contribution >= 4 is 5.91 Å². The number of nitrogens with one attached hydrogen (secondary N) is 1. The Balaban J connectivity index is 2.50. The van der Waals surface area contributed by atoms with Gasteiger partial charge in [-0.25, -0.2) is 0 Å². The lowest BCUT2D eigenvalue weighted by atomic mass is 10.0. The summed E-state index contributed by atoms with van der Waals surface area (Å²) in [6.07, 6.45) is 0.396. The van der Waals surface area contributed by atoms with E-state index in [2.05, 4.69) is 5.32 Å². The molecule has 0 saturated heterocycles. The van der Waals surface area contributed by atoms with Gasteiger partial charge in [0, 0.05) is 20.2 Å². The molecule has 4 heteroatoms. The number of amides is 1. The number of hydrogen-bond acceptors (Lipinski definition) is 3. The average Bonchev–Trinajstić information content (AvgIpc) is 2.36. The minimum absolute atomic E-state index is 0.00481. The zero-order valence-corrected chi connectivity index (χ0v) is 10.4. The van der Waals surface area contributed by atoms with E-state index in [4.69, 9.17) is 10.5 Å². The Morgan fingerprint density at radius 1 is 1.41 bits per heavy atom. The van der Waals surface area contributed by atoms with Crippen LogP contribution in [0.3, 0.4) is 0 Å². The van der Waals surface area contributed by atoms with Gasteiger partial charge in [-0.1, -0.05) is 24.3 Å². The molecule has 1 aromatic carbocycles. The number of benzene rings is 1. The SMILES string of the molecule is COC(C)CNC(=O)Cc1ccccc1CN. The largest absolute Gasteiger partial charge is 0.380 e. The Kier molecular flexibility index (Phi) is 5.66. The van der Waals surface area contributed by atoms with Gasteiger partial charge in [-0.15, -0.1) is 0 Å². The predicted molar refractivity (Wildman–Crippen MR) is 67.5 cm³/mol. The number of rotatable bonds is 6. The fraction of sp³-hybridized carbons (Fsp3) is 0.462. The molecule has 0 aliphatic heterocycles. The molecule has 1 amide bonds. The molecule has 0 aliphatic rings. The van der Waals surface area contributed by atoms with Crippen LogP contribution in [0.1, 0.15) is 18.1 Å². The van der Waals surface area contributed by atoms with Crippen LogP contribution in [-0.4, -0.2) is 25.7 Å². The van der Waals surface area contributed by atoms with Crippen LogP contribution in [0.15, 0.2) is 24.3 Å². The molecular weight excluding hydrogens is 216 g/mol. The molecule has 1 rings (SSSR count). The van der Waals surface area contributed by atoms with Crippen LogP contribution >= 0.6 is 0 Å². The van der Waals surface area contributed by atoms with Crippen LogP contribution in [0.25, 0.3) is 0 Å². The molecular formula is C13H20N2O2. The highest BCUT2D eigenvalue weighted by atomic mass is 16.5. The van der Waals surface area contributed by atoms with Gasteiger partial charge in [0.2, 0.25) is 5.91 Å². The van der Waals surface area contributed by atoms with Crippen LogP contribution in [0.2, 0.25) is 0 Å². The molecule has 0 saturated carbocycles. The molecule has 17 heavy (non-hydrogen) atoms. The second-order valence-corrected chi connectivity index (χ2v) is 4.00. The van der Waals surface area contributed by atoms with E-state index in [1.54, 1.807) is 7.11 Å². The monoisotopic (exact) mass is 236 g/mol. The van der Waals surface area contributed by atoms with E-state index < -0.39 is 0 Å². The van der Waals surface area contributed by atoms with Crippen LogP contribution in [0.4, 0.5) is 0 Å². The van der Waals surface area contributed by atoms with Gasteiger partial charge in [-0.05, 0) is 18.1 Å². The zero-order valence-electron chi connectivity index (χ0n) is 10.4. The maximum Gasteiger partial charge on any atom is 0.224 e. The fourth-order valence-electron chi connectivity index (χ4n) is 1.51. The van der Waals surface area contributed by atoms with Crippen molar-refractivity contribution in [2.75, 3.05) is 13.7 Å². The first-order chi connectivity index (χ1) is 8.17. The zero-order chi connectivity index (χ0) is 12.7. The summed E-state index contributed by atoms with van der Waals surface area (Å²) in [5.41, 5.74) is 7.62. The lowest BCUT2D eigenvalue weighted by Gasteiger charge is -2.12. The van der Waals surface area contributed by atoms with E-state index in [0.717, 1.165) is 11.1 Å². The van der Waals surface area contributed by atoms with Gasteiger partial charge in [0.1, 0.15) is 0 Å². The molecule has 0 radical (unpaired) electrons. The number of methoxy groups -OCH3 is 1. The number of hydrogen-bond donors (Lipinski definition) is 2. The van der Waals surface area contributed by atoms with Gasteiger partial charge in [-0.3, -0.25) is 4.79 Å². The van der Waals surface area contributed by atoms with Gasteiger partial charge in [0.15, 0.2) is 0 Å². The van der Waals surface area contributed by atoms with Crippen molar-refractivity contribution < 1.29 is 9.53 Å². The fourth-order valence-corrected chi connectivity index (χ4v) is 1.51. The highest BCUT2D eigenvalue weighted by Gasteiger charge is 2.07. The summed E-state index contributed by atoms with van der Waals surface area (Å²) in [5.74, 6) is -0.00481. The minimum Gasteiger partial charge on any atom is -0.380 e. The third-order valence-corrected chi connectivity index (χ3v) is 2.68. The summed E-state index contributed by atoms with van der Waals surface area (Å²) >= 11 is 0. The van der Waals surface area contributed by atoms with Crippen molar-refractivity contribution in [3.05, 3.63) is 35.4 Å². The Hall–Kier alpha value is -1.39. The first-order valence-corrected chi connectivity index (χ1v) is 5.73. The lowest BCUT2D eigenvalue weighted by molar-refractivity contribution is -0.120. The number of carbonyl (C=O) groups excluding carboxylic acids is 1. The standard InChI is InChI=1S/C13H20N2O2/c1-10(17-2)9-15-13(16)7-11-5-3-4-6-12(11)8-14/h3-6,10H,7-9,14H2,1-2H3,(H,15,16). The predicted octanol–water partition coefficient (Wildman–Crippen LogP) is 0.839. The van der Waals surface area contributed by atoms with Crippen LogP contribution in [0.5, 0.6) is 0 Å². The number of ether oxygens (including phenoxy) is 1. The van der Waals surface area contributed by atoms with Crippen molar-refractivity contribution in [3.63, 3.8) is 0 Å². The normalized spacial score (nSPS) is 12.2. The van der Waals surface area contributed by atoms with Gasteiger partial charge in [0.05, 0.1) is 12.5 Å². The Morgan fingerprint density at radius 2 is 2.06 bits per heavy atom. The van der Waals surface area contributed by atoms with Crippen molar-refractivity contribution in [3.8, 4) is 0 Å². The lowest BCUT2D eigenvalue weighted by Crippen LogP contribution is -2.32. The van der Waals surface area contributed by atoms with Crippen LogP contribution in [-0.2, 0) is 22.5 Å². The molecule has 4 nitrogen and oxygen atoms in total. The van der Waals surface area contributed by atoms with Crippen molar-refractivity contribution in [2.45, 2.75) is 26.0 Å². The average molecular weight is 236 g/mol. The maximum atomic E-state index is 11.7. The van der Waals surface area contributed by atoms with E-state index in [-0.39, 0.29) is 12.0 Å². The molecule has 94 valence electrons. The Morgan fingerprint density at radius 3 is 2.65 bits per heavy atom. The summed E-state index contributed by atoms with van der Waals surface area (Å²) < 4.78 is 5.06. The molecule has 0 aromatic heterocycles. The summed E-state index contributed by atoms with van der Waals surface area (Å²) in [5, 5.41) is 2.83. The second kappa shape index (κ2) is 7.04. The molecule has 0 aliphatic carbocycles. The van der Waals surface area contributed by atoms with Crippen LogP contribution in [0, 0.1) is 0 Å². The third-order valence-electron chi connectivity index (χ3n) is 2.68. The van der Waals surface area contributed by atoms with E-state index in [0.29, 0.717) is 19.5 Å². The number of nitrogens with two attached hydrogens (primary N) is 1. The minimum atomic E-state index is -0.00481. The number of carbonyl (C=O) groups is 1. The van der Waals surface area contributed by atoms with E-state index in [1.807, 2.05) is 31.2 Å².